The summed E-state index contributed by atoms with van der Waals surface area (Å²) in [4.78, 5) is 22.2. The molecule has 0 spiro atoms. The lowest BCUT2D eigenvalue weighted by molar-refractivity contribution is -0.384. The zero-order valence-corrected chi connectivity index (χ0v) is 14.0. The molecule has 0 amide bonds. The molecule has 0 bridgehead atoms. The van der Waals surface area contributed by atoms with Gasteiger partial charge in [0.2, 0.25) is 0 Å². The van der Waals surface area contributed by atoms with Crippen molar-refractivity contribution in [2.24, 2.45) is 5.92 Å². The van der Waals surface area contributed by atoms with Gasteiger partial charge in [0, 0.05) is 29.1 Å². The summed E-state index contributed by atoms with van der Waals surface area (Å²) in [6.07, 6.45) is 0. The van der Waals surface area contributed by atoms with E-state index in [1.54, 1.807) is 30.8 Å². The molecule has 0 unspecified atom stereocenters. The van der Waals surface area contributed by atoms with E-state index >= 15 is 0 Å². The molecule has 120 valence electrons. The van der Waals surface area contributed by atoms with Crippen LogP contribution in [0.2, 0.25) is 0 Å². The quantitative estimate of drug-likeness (QED) is 0.541. The average Bonchev–Trinajstić information content (AvgIpc) is 2.56. The molecule has 0 heterocycles. The van der Waals surface area contributed by atoms with Gasteiger partial charge >= 0.3 is 0 Å². The molecule has 0 aliphatic rings. The van der Waals surface area contributed by atoms with Crippen LogP contribution in [0.15, 0.2) is 54.6 Å². The highest BCUT2D eigenvalue weighted by atomic mass is 32.2. The number of ketones is 1. The first-order chi connectivity index (χ1) is 11.0. The first-order valence-corrected chi connectivity index (χ1v) is 8.44. The highest BCUT2D eigenvalue weighted by Gasteiger charge is 2.24. The highest BCUT2D eigenvalue weighted by molar-refractivity contribution is 7.98. The Morgan fingerprint density at radius 3 is 2.26 bits per heavy atom. The summed E-state index contributed by atoms with van der Waals surface area (Å²) in [7, 11) is 0. The fourth-order valence-electron chi connectivity index (χ4n) is 2.29. The zero-order chi connectivity index (χ0) is 16.8. The van der Waals surface area contributed by atoms with Crippen molar-refractivity contribution in [1.29, 1.82) is 0 Å². The third-order valence-electron chi connectivity index (χ3n) is 3.80. The Morgan fingerprint density at radius 2 is 1.74 bits per heavy atom. The summed E-state index contributed by atoms with van der Waals surface area (Å²) in [5, 5.41) is 10.8. The van der Waals surface area contributed by atoms with Crippen LogP contribution in [0.25, 0.3) is 0 Å². The predicted molar refractivity (Wildman–Crippen MR) is 93.4 cm³/mol. The van der Waals surface area contributed by atoms with Gasteiger partial charge in [0.15, 0.2) is 0 Å². The molecule has 0 aliphatic heterocycles. The van der Waals surface area contributed by atoms with Crippen LogP contribution in [0.1, 0.15) is 30.2 Å². The number of carbonyl (C=O) groups excluding carboxylic acids is 1. The van der Waals surface area contributed by atoms with Crippen molar-refractivity contribution in [3.63, 3.8) is 0 Å². The van der Waals surface area contributed by atoms with Crippen molar-refractivity contribution in [2.75, 3.05) is 0 Å². The van der Waals surface area contributed by atoms with Crippen LogP contribution >= 0.6 is 11.8 Å². The van der Waals surface area contributed by atoms with Crippen LogP contribution in [0, 0.1) is 16.0 Å². The predicted octanol–water partition coefficient (Wildman–Crippen LogP) is 4.79. The second-order valence-electron chi connectivity index (χ2n) is 5.47. The normalized spacial score (nSPS) is 13.3. The van der Waals surface area contributed by atoms with Gasteiger partial charge in [-0.2, -0.15) is 0 Å². The molecule has 0 saturated heterocycles. The van der Waals surface area contributed by atoms with E-state index in [4.69, 9.17) is 0 Å². The molecule has 0 fully saturated rings. The molecule has 0 aliphatic carbocycles. The topological polar surface area (TPSA) is 60.2 Å². The number of nitro groups is 1. The maximum absolute atomic E-state index is 11.8. The molecule has 2 aromatic rings. The first-order valence-electron chi connectivity index (χ1n) is 7.39. The number of thioether (sulfide) groups is 1. The molecule has 5 heteroatoms. The van der Waals surface area contributed by atoms with Gasteiger partial charge in [0.25, 0.3) is 5.69 Å². The smallest absolute Gasteiger partial charge is 0.269 e. The van der Waals surface area contributed by atoms with Gasteiger partial charge in [-0.25, -0.2) is 0 Å². The molecular formula is C18H19NO3S. The first kappa shape index (κ1) is 17.2. The lowest BCUT2D eigenvalue weighted by atomic mass is 9.97. The Hall–Kier alpha value is -2.14. The number of hydrogen-bond acceptors (Lipinski definition) is 4. The van der Waals surface area contributed by atoms with Crippen LogP contribution in [0.4, 0.5) is 5.69 Å². The molecule has 2 rings (SSSR count). The fourth-order valence-corrected chi connectivity index (χ4v) is 3.68. The number of rotatable bonds is 7. The van der Waals surface area contributed by atoms with Gasteiger partial charge in [0.1, 0.15) is 5.78 Å². The highest BCUT2D eigenvalue weighted by Crippen LogP contribution is 2.38. The Labute approximate surface area is 140 Å². The SMILES string of the molecule is CC(=O)[C@@H](C)[C@@H](SCc1ccccc1)c1ccc([N+](=O)[O-])cc1. The second kappa shape index (κ2) is 7.92. The summed E-state index contributed by atoms with van der Waals surface area (Å²) >= 11 is 1.69. The third-order valence-corrected chi connectivity index (χ3v) is 5.34. The molecule has 2 aromatic carbocycles. The van der Waals surface area contributed by atoms with Crippen LogP contribution in [-0.4, -0.2) is 10.7 Å². The Kier molecular flexibility index (Phi) is 5.93. The van der Waals surface area contributed by atoms with Gasteiger partial charge in [-0.1, -0.05) is 49.4 Å². The molecule has 0 radical (unpaired) electrons. The molecule has 0 N–H and O–H groups in total. The van der Waals surface area contributed by atoms with E-state index in [0.29, 0.717) is 0 Å². The van der Waals surface area contributed by atoms with Crippen molar-refractivity contribution in [3.05, 3.63) is 75.8 Å². The largest absolute Gasteiger partial charge is 0.300 e. The Bertz CT molecular complexity index is 670. The standard InChI is InChI=1S/C18H19NO3S/c1-13(14(2)20)18(23-12-15-6-4-3-5-7-15)16-8-10-17(11-9-16)19(21)22/h3-11,13,18H,12H2,1-2H3/t13-,18-/m1/s1. The van der Waals surface area contributed by atoms with Crippen molar-refractivity contribution in [3.8, 4) is 0 Å². The van der Waals surface area contributed by atoms with E-state index in [1.807, 2.05) is 25.1 Å². The molecule has 0 aromatic heterocycles. The number of non-ortho nitro benzene ring substituents is 1. The molecule has 4 nitrogen and oxygen atoms in total. The van der Waals surface area contributed by atoms with Gasteiger partial charge in [-0.15, -0.1) is 11.8 Å². The lowest BCUT2D eigenvalue weighted by Crippen LogP contribution is -2.15. The van der Waals surface area contributed by atoms with Crippen molar-refractivity contribution < 1.29 is 9.72 Å². The maximum Gasteiger partial charge on any atom is 0.269 e. The minimum Gasteiger partial charge on any atom is -0.300 e. The van der Waals surface area contributed by atoms with Gasteiger partial charge in [0.05, 0.1) is 4.92 Å². The Morgan fingerprint density at radius 1 is 1.13 bits per heavy atom. The number of benzene rings is 2. The number of nitrogens with zero attached hydrogens (tertiary/aromatic N) is 1. The monoisotopic (exact) mass is 329 g/mol. The maximum atomic E-state index is 11.8. The summed E-state index contributed by atoms with van der Waals surface area (Å²) in [6, 6.07) is 16.6. The van der Waals surface area contributed by atoms with E-state index in [-0.39, 0.29) is 22.6 Å². The molecular weight excluding hydrogens is 310 g/mol. The van der Waals surface area contributed by atoms with Crippen molar-refractivity contribution >= 4 is 23.2 Å². The van der Waals surface area contributed by atoms with Crippen LogP contribution in [0.5, 0.6) is 0 Å². The van der Waals surface area contributed by atoms with E-state index < -0.39 is 4.92 Å². The Balaban J connectivity index is 2.19. The van der Waals surface area contributed by atoms with E-state index in [1.165, 1.54) is 17.7 Å². The van der Waals surface area contributed by atoms with E-state index in [9.17, 15) is 14.9 Å². The third kappa shape index (κ3) is 4.66. The second-order valence-corrected chi connectivity index (χ2v) is 6.60. The van der Waals surface area contributed by atoms with Crippen molar-refractivity contribution in [1.82, 2.24) is 0 Å². The van der Waals surface area contributed by atoms with Crippen LogP contribution in [0.3, 0.4) is 0 Å². The zero-order valence-electron chi connectivity index (χ0n) is 13.1. The van der Waals surface area contributed by atoms with Gasteiger partial charge in [-0.05, 0) is 18.1 Å². The minimum absolute atomic E-state index is 0.0199. The molecule has 23 heavy (non-hydrogen) atoms. The van der Waals surface area contributed by atoms with E-state index in [0.717, 1.165) is 11.3 Å². The number of carbonyl (C=O) groups is 1. The summed E-state index contributed by atoms with van der Waals surface area (Å²) in [5.41, 5.74) is 2.20. The van der Waals surface area contributed by atoms with Crippen molar-refractivity contribution in [2.45, 2.75) is 24.9 Å². The lowest BCUT2D eigenvalue weighted by Gasteiger charge is -2.22. The number of Topliss-reactive ketones (excluding diaryl/α,β-unsaturated/α-hetero) is 1. The number of nitro benzene ring substituents is 1. The van der Waals surface area contributed by atoms with Gasteiger partial charge in [-0.3, -0.25) is 14.9 Å². The average molecular weight is 329 g/mol. The summed E-state index contributed by atoms with van der Waals surface area (Å²) in [6.45, 7) is 3.50. The minimum atomic E-state index is -0.412. The van der Waals surface area contributed by atoms with Gasteiger partial charge < -0.3 is 0 Å². The molecule has 2 atom stereocenters. The summed E-state index contributed by atoms with van der Waals surface area (Å²) in [5.74, 6) is 0.763. The number of hydrogen-bond donors (Lipinski definition) is 0. The molecule has 0 saturated carbocycles. The van der Waals surface area contributed by atoms with E-state index in [2.05, 4.69) is 12.1 Å². The van der Waals surface area contributed by atoms with Crippen LogP contribution in [-0.2, 0) is 10.5 Å². The summed E-state index contributed by atoms with van der Waals surface area (Å²) < 4.78 is 0. The van der Waals surface area contributed by atoms with Crippen LogP contribution < -0.4 is 0 Å². The fraction of sp³-hybridized carbons (Fsp3) is 0.278.